The largest absolute Gasteiger partial charge is 0.353 e. The van der Waals surface area contributed by atoms with Crippen LogP contribution in [0.3, 0.4) is 0 Å². The van der Waals surface area contributed by atoms with Crippen LogP contribution in [0.2, 0.25) is 0 Å². The molecule has 1 N–H and O–H groups in total. The minimum atomic E-state index is 0.325. The summed E-state index contributed by atoms with van der Waals surface area (Å²) in [6.07, 6.45) is 1.71. The number of piperazine rings is 1. The molecule has 2 fully saturated rings. The van der Waals surface area contributed by atoms with Crippen molar-refractivity contribution in [3.8, 4) is 0 Å². The normalized spacial score (nSPS) is 22.6. The van der Waals surface area contributed by atoms with E-state index in [4.69, 9.17) is 0 Å². The summed E-state index contributed by atoms with van der Waals surface area (Å²) in [5.41, 5.74) is 2.36. The molecular weight excluding hydrogens is 254 g/mol. The van der Waals surface area contributed by atoms with Gasteiger partial charge in [-0.15, -0.1) is 0 Å². The maximum Gasteiger partial charge on any atom is 0.223 e. The molecule has 0 radical (unpaired) electrons. The van der Waals surface area contributed by atoms with Crippen LogP contribution < -0.4 is 10.2 Å². The molecule has 1 unspecified atom stereocenters. The van der Waals surface area contributed by atoms with Crippen molar-refractivity contribution in [2.24, 2.45) is 7.05 Å². The van der Waals surface area contributed by atoms with Crippen LogP contribution in [0, 0.1) is 6.92 Å². The first-order chi connectivity index (χ1) is 9.61. The van der Waals surface area contributed by atoms with E-state index in [2.05, 4.69) is 27.1 Å². The minimum Gasteiger partial charge on any atom is -0.353 e. The van der Waals surface area contributed by atoms with Crippen LogP contribution in [0.25, 0.3) is 0 Å². The van der Waals surface area contributed by atoms with Gasteiger partial charge in [0.2, 0.25) is 5.91 Å². The zero-order chi connectivity index (χ0) is 14.3. The van der Waals surface area contributed by atoms with Gasteiger partial charge in [0.25, 0.3) is 0 Å². The molecule has 1 amide bonds. The Bertz CT molecular complexity index is 524. The predicted octanol–water partition coefficient (Wildman–Crippen LogP) is 0.259. The number of carbonyl (C=O) groups excluding carboxylic acids is 1. The number of hydrogen-bond donors (Lipinski definition) is 1. The van der Waals surface area contributed by atoms with Gasteiger partial charge in [0.1, 0.15) is 5.82 Å². The highest BCUT2D eigenvalue weighted by Crippen LogP contribution is 2.29. The first kappa shape index (κ1) is 13.4. The Labute approximate surface area is 119 Å². The highest BCUT2D eigenvalue weighted by molar-refractivity contribution is 5.79. The number of anilines is 1. The van der Waals surface area contributed by atoms with Crippen LogP contribution in [0.1, 0.15) is 24.1 Å². The molecule has 0 saturated carbocycles. The van der Waals surface area contributed by atoms with Crippen molar-refractivity contribution in [3.05, 3.63) is 11.3 Å². The van der Waals surface area contributed by atoms with Gasteiger partial charge in [-0.2, -0.15) is 5.10 Å². The number of nitrogens with one attached hydrogen (secondary N) is 1. The topological polar surface area (TPSA) is 53.4 Å². The lowest BCUT2D eigenvalue weighted by molar-refractivity contribution is -0.129. The van der Waals surface area contributed by atoms with Gasteiger partial charge in [-0.25, -0.2) is 0 Å². The molecule has 110 valence electrons. The maximum atomic E-state index is 11.8. The fourth-order valence-electron chi connectivity index (χ4n) is 3.53. The summed E-state index contributed by atoms with van der Waals surface area (Å²) in [6.45, 7) is 5.57. The van der Waals surface area contributed by atoms with Gasteiger partial charge in [0, 0.05) is 51.3 Å². The second kappa shape index (κ2) is 5.09. The molecule has 6 nitrogen and oxygen atoms in total. The van der Waals surface area contributed by atoms with Gasteiger partial charge in [-0.3, -0.25) is 9.48 Å². The summed E-state index contributed by atoms with van der Waals surface area (Å²) in [7, 11) is 3.97. The van der Waals surface area contributed by atoms with Gasteiger partial charge in [-0.05, 0) is 20.4 Å². The molecule has 20 heavy (non-hydrogen) atoms. The summed E-state index contributed by atoms with van der Waals surface area (Å²) >= 11 is 0. The molecule has 2 saturated heterocycles. The van der Waals surface area contributed by atoms with E-state index in [1.807, 2.05) is 18.8 Å². The van der Waals surface area contributed by atoms with E-state index < -0.39 is 0 Å². The van der Waals surface area contributed by atoms with Crippen LogP contribution in [0.4, 0.5) is 5.82 Å². The Hall–Kier alpha value is -1.56. The van der Waals surface area contributed by atoms with E-state index in [1.165, 1.54) is 11.4 Å². The van der Waals surface area contributed by atoms with E-state index in [-0.39, 0.29) is 0 Å². The number of amides is 1. The third kappa shape index (κ3) is 2.08. The van der Waals surface area contributed by atoms with Gasteiger partial charge in [-0.1, -0.05) is 0 Å². The van der Waals surface area contributed by atoms with Crippen molar-refractivity contribution in [1.82, 2.24) is 20.0 Å². The second-order valence-electron chi connectivity index (χ2n) is 5.77. The highest BCUT2D eigenvalue weighted by atomic mass is 16.2. The number of fused-ring (bicyclic) bond motifs is 1. The predicted molar refractivity (Wildman–Crippen MR) is 77.7 cm³/mol. The van der Waals surface area contributed by atoms with Crippen molar-refractivity contribution in [2.75, 3.05) is 31.6 Å². The molecule has 6 heteroatoms. The third-order valence-corrected chi connectivity index (χ3v) is 4.46. The molecular formula is C14H23N5O. The maximum absolute atomic E-state index is 11.8. The average molecular weight is 277 g/mol. The molecule has 2 aliphatic heterocycles. The summed E-state index contributed by atoms with van der Waals surface area (Å²) in [5.74, 6) is 1.53. The fourth-order valence-corrected chi connectivity index (χ4v) is 3.53. The van der Waals surface area contributed by atoms with Gasteiger partial charge >= 0.3 is 0 Å². The molecule has 1 aromatic heterocycles. The van der Waals surface area contributed by atoms with Gasteiger partial charge < -0.3 is 15.1 Å². The molecule has 2 aliphatic rings. The Balaban J connectivity index is 1.85. The Morgan fingerprint density at radius 3 is 2.95 bits per heavy atom. The number of hydrogen-bond acceptors (Lipinski definition) is 4. The standard InChI is InChI=1S/C14H23N5O/c1-10-12(8-15-2)14(17(3)16-10)18-6-7-19-11(9-18)4-5-13(19)20/h11,15H,4-9H2,1-3H3. The fraction of sp³-hybridized carbons (Fsp3) is 0.714. The van der Waals surface area contributed by atoms with Crippen LogP contribution in [0.5, 0.6) is 0 Å². The molecule has 3 rings (SSSR count). The van der Waals surface area contributed by atoms with Crippen molar-refractivity contribution in [3.63, 3.8) is 0 Å². The second-order valence-corrected chi connectivity index (χ2v) is 5.77. The Morgan fingerprint density at radius 1 is 1.40 bits per heavy atom. The van der Waals surface area contributed by atoms with E-state index >= 15 is 0 Å². The first-order valence-electron chi connectivity index (χ1n) is 7.33. The molecule has 0 aromatic carbocycles. The van der Waals surface area contributed by atoms with Crippen LogP contribution >= 0.6 is 0 Å². The number of nitrogens with zero attached hydrogens (tertiary/aromatic N) is 4. The number of carbonyl (C=O) groups is 1. The van der Waals surface area contributed by atoms with Crippen molar-refractivity contribution in [1.29, 1.82) is 0 Å². The van der Waals surface area contributed by atoms with Crippen molar-refractivity contribution >= 4 is 11.7 Å². The van der Waals surface area contributed by atoms with E-state index in [0.29, 0.717) is 18.4 Å². The smallest absolute Gasteiger partial charge is 0.223 e. The number of aryl methyl sites for hydroxylation is 2. The number of rotatable bonds is 3. The quantitative estimate of drug-likeness (QED) is 0.861. The first-order valence-corrected chi connectivity index (χ1v) is 7.33. The SMILES string of the molecule is CNCc1c(C)nn(C)c1N1CCN2C(=O)CCC2C1. The molecule has 1 atom stereocenters. The summed E-state index contributed by atoms with van der Waals surface area (Å²) in [5, 5.41) is 7.79. The summed E-state index contributed by atoms with van der Waals surface area (Å²) < 4.78 is 1.98. The lowest BCUT2D eigenvalue weighted by Crippen LogP contribution is -2.52. The lowest BCUT2D eigenvalue weighted by Gasteiger charge is -2.39. The zero-order valence-electron chi connectivity index (χ0n) is 12.5. The summed E-state index contributed by atoms with van der Waals surface area (Å²) in [4.78, 5) is 16.2. The van der Waals surface area contributed by atoms with Gasteiger partial charge in [0.05, 0.1) is 5.69 Å². The van der Waals surface area contributed by atoms with E-state index in [9.17, 15) is 4.79 Å². The summed E-state index contributed by atoms with van der Waals surface area (Å²) in [6, 6.07) is 0.383. The van der Waals surface area contributed by atoms with Crippen LogP contribution in [-0.2, 0) is 18.4 Å². The van der Waals surface area contributed by atoms with Crippen molar-refractivity contribution < 1.29 is 4.79 Å². The van der Waals surface area contributed by atoms with E-state index in [1.54, 1.807) is 0 Å². The molecule has 3 heterocycles. The third-order valence-electron chi connectivity index (χ3n) is 4.46. The minimum absolute atomic E-state index is 0.325. The van der Waals surface area contributed by atoms with E-state index in [0.717, 1.165) is 38.3 Å². The molecule has 0 bridgehead atoms. The molecule has 1 aromatic rings. The highest BCUT2D eigenvalue weighted by Gasteiger charge is 2.36. The Morgan fingerprint density at radius 2 is 2.20 bits per heavy atom. The average Bonchev–Trinajstić information content (AvgIpc) is 2.91. The molecule has 0 aliphatic carbocycles. The lowest BCUT2D eigenvalue weighted by atomic mass is 10.1. The monoisotopic (exact) mass is 277 g/mol. The Kier molecular flexibility index (Phi) is 3.41. The van der Waals surface area contributed by atoms with Crippen molar-refractivity contribution in [2.45, 2.75) is 32.4 Å². The van der Waals surface area contributed by atoms with Crippen LogP contribution in [0.15, 0.2) is 0 Å². The van der Waals surface area contributed by atoms with Crippen LogP contribution in [-0.4, -0.2) is 53.3 Å². The number of aromatic nitrogens is 2. The molecule has 0 spiro atoms. The van der Waals surface area contributed by atoms with Gasteiger partial charge in [0.15, 0.2) is 0 Å². The zero-order valence-corrected chi connectivity index (χ0v) is 12.5.